The fraction of sp³-hybridized carbons (Fsp3) is 0.478. The third kappa shape index (κ3) is 4.66. The van der Waals surface area contributed by atoms with E-state index in [1.54, 1.807) is 11.0 Å². The van der Waals surface area contributed by atoms with Crippen LogP contribution in [0.25, 0.3) is 0 Å². The summed E-state index contributed by atoms with van der Waals surface area (Å²) in [4.78, 5) is 30.1. The lowest BCUT2D eigenvalue weighted by atomic mass is 9.97. The van der Waals surface area contributed by atoms with Crippen molar-refractivity contribution < 1.29 is 19.4 Å². The number of hydrogen-bond acceptors (Lipinski definition) is 5. The minimum absolute atomic E-state index is 0. The molecule has 2 aromatic rings. The van der Waals surface area contributed by atoms with E-state index < -0.39 is 0 Å². The molecule has 0 radical (unpaired) electrons. The van der Waals surface area contributed by atoms with Crippen LogP contribution in [0.15, 0.2) is 16.9 Å². The average Bonchev–Trinajstić information content (AvgIpc) is 3.17. The molecular formula is C23H28Cl2N2O5. The molecule has 2 N–H and O–H groups in total. The molecule has 7 nitrogen and oxygen atoms in total. The number of aromatic nitrogens is 1. The van der Waals surface area contributed by atoms with E-state index in [1.165, 1.54) is 0 Å². The van der Waals surface area contributed by atoms with Crippen molar-refractivity contribution in [3.63, 3.8) is 0 Å². The number of aliphatic hydroxyl groups is 1. The Hall–Kier alpha value is -2.06. The van der Waals surface area contributed by atoms with Crippen LogP contribution in [-0.4, -0.2) is 52.9 Å². The number of carbonyl (C=O) groups is 1. The molecule has 2 atom stereocenters. The van der Waals surface area contributed by atoms with Crippen LogP contribution in [0.4, 0.5) is 0 Å². The molecule has 0 aliphatic carbocycles. The number of halogens is 2. The summed E-state index contributed by atoms with van der Waals surface area (Å²) in [6.45, 7) is 4.55. The maximum absolute atomic E-state index is 13.3. The molecule has 1 aromatic carbocycles. The summed E-state index contributed by atoms with van der Waals surface area (Å²) in [7, 11) is 0. The highest BCUT2D eigenvalue weighted by atomic mass is 35.5. The summed E-state index contributed by atoms with van der Waals surface area (Å²) >= 11 is 13.1. The van der Waals surface area contributed by atoms with Crippen LogP contribution in [0.2, 0.25) is 10.0 Å². The number of hydrogen-bond donors (Lipinski definition) is 2. The van der Waals surface area contributed by atoms with E-state index in [0.717, 1.165) is 11.3 Å². The zero-order valence-electron chi connectivity index (χ0n) is 17.3. The molecule has 3 heterocycles. The Balaban J connectivity index is 0.00000289. The molecule has 174 valence electrons. The van der Waals surface area contributed by atoms with Gasteiger partial charge in [-0.1, -0.05) is 30.6 Å². The largest absolute Gasteiger partial charge is 0.486 e. The van der Waals surface area contributed by atoms with E-state index in [0.29, 0.717) is 53.5 Å². The van der Waals surface area contributed by atoms with Crippen LogP contribution in [-0.2, 0) is 17.7 Å². The normalized spacial score (nSPS) is 20.2. The third-order valence-corrected chi connectivity index (χ3v) is 6.51. The summed E-state index contributed by atoms with van der Waals surface area (Å²) in [6, 6.07) is 3.52. The minimum Gasteiger partial charge on any atom is -0.486 e. The van der Waals surface area contributed by atoms with Gasteiger partial charge in [0, 0.05) is 35.3 Å². The van der Waals surface area contributed by atoms with E-state index in [4.69, 9.17) is 32.7 Å². The molecule has 1 saturated heterocycles. The smallest absolute Gasteiger partial charge is 0.256 e. The number of fused-ring (bicyclic) bond motifs is 1. The Morgan fingerprint density at radius 2 is 2.03 bits per heavy atom. The molecule has 4 rings (SSSR count). The summed E-state index contributed by atoms with van der Waals surface area (Å²) < 4.78 is 11.4. The molecule has 0 bridgehead atoms. The molecular weight excluding hydrogens is 455 g/mol. The number of H-pyrrole nitrogens is 1. The van der Waals surface area contributed by atoms with Crippen molar-refractivity contribution in [1.82, 2.24) is 9.88 Å². The minimum atomic E-state index is -0.285. The Labute approximate surface area is 197 Å². The number of pyridine rings is 1. The van der Waals surface area contributed by atoms with Crippen molar-refractivity contribution in [2.24, 2.45) is 0 Å². The average molecular weight is 483 g/mol. The highest BCUT2D eigenvalue weighted by molar-refractivity contribution is 6.38. The van der Waals surface area contributed by atoms with Crippen molar-refractivity contribution in [2.45, 2.75) is 52.9 Å². The molecule has 32 heavy (non-hydrogen) atoms. The van der Waals surface area contributed by atoms with Crippen molar-refractivity contribution in [3.8, 4) is 5.75 Å². The van der Waals surface area contributed by atoms with E-state index in [2.05, 4.69) is 4.98 Å². The molecule has 0 unspecified atom stereocenters. The molecule has 1 amide bonds. The van der Waals surface area contributed by atoms with E-state index in [-0.39, 0.29) is 49.3 Å². The van der Waals surface area contributed by atoms with E-state index >= 15 is 0 Å². The second-order valence-corrected chi connectivity index (χ2v) is 8.84. The summed E-state index contributed by atoms with van der Waals surface area (Å²) in [5.74, 6) is 0.0334. The van der Waals surface area contributed by atoms with Crippen LogP contribution in [0, 0.1) is 13.8 Å². The number of carbonyl (C=O) groups excluding carboxylic acids is 1. The standard InChI is InChI=1S/C22H24Cl2N2O5.CH4/c1-11-5-12(2)25-21(28)16(11)8-26-4-3-15-17(23)7-18(20(24)19(15)22(26)29)31-14-6-13(9-27)30-10-14;/h5,7,13-14,27H,3-4,6,8-10H2,1-2H3,(H,25,28);1H4/t13-,14+;/m0./s1. The molecule has 2 aliphatic heterocycles. The van der Waals surface area contributed by atoms with Crippen LogP contribution in [0.3, 0.4) is 0 Å². The predicted octanol–water partition coefficient (Wildman–Crippen LogP) is 3.66. The second-order valence-electron chi connectivity index (χ2n) is 8.06. The molecule has 2 aliphatic rings. The summed E-state index contributed by atoms with van der Waals surface area (Å²) in [5.41, 5.74) is 2.96. The number of aryl methyl sites for hydroxylation is 2. The maximum atomic E-state index is 13.3. The second kappa shape index (κ2) is 9.83. The molecule has 0 saturated carbocycles. The SMILES string of the molecule is C.Cc1cc(C)c(CN2CCc3c(Cl)cc(O[C@H]4CO[C@H](CO)C4)c(Cl)c3C2=O)c(=O)[nH]1. The lowest BCUT2D eigenvalue weighted by Gasteiger charge is -2.31. The Morgan fingerprint density at radius 3 is 2.69 bits per heavy atom. The van der Waals surface area contributed by atoms with Crippen molar-refractivity contribution in [1.29, 1.82) is 0 Å². The van der Waals surface area contributed by atoms with Gasteiger partial charge in [-0.05, 0) is 37.5 Å². The first kappa shape index (κ1) is 24.6. The zero-order chi connectivity index (χ0) is 22.3. The lowest BCUT2D eigenvalue weighted by Crippen LogP contribution is -2.39. The number of rotatable bonds is 5. The summed E-state index contributed by atoms with van der Waals surface area (Å²) in [5, 5.41) is 9.87. The van der Waals surface area contributed by atoms with Gasteiger partial charge in [-0.3, -0.25) is 9.59 Å². The third-order valence-electron chi connectivity index (χ3n) is 5.80. The van der Waals surface area contributed by atoms with Crippen LogP contribution >= 0.6 is 23.2 Å². The first-order chi connectivity index (χ1) is 14.8. The van der Waals surface area contributed by atoms with Gasteiger partial charge in [0.25, 0.3) is 11.5 Å². The van der Waals surface area contributed by atoms with Crippen molar-refractivity contribution >= 4 is 29.1 Å². The first-order valence-corrected chi connectivity index (χ1v) is 10.9. The van der Waals surface area contributed by atoms with Gasteiger partial charge in [-0.15, -0.1) is 0 Å². The quantitative estimate of drug-likeness (QED) is 0.678. The zero-order valence-corrected chi connectivity index (χ0v) is 18.8. The van der Waals surface area contributed by atoms with Crippen LogP contribution in [0.5, 0.6) is 5.75 Å². The Kier molecular flexibility index (Phi) is 7.55. The molecule has 9 heteroatoms. The Bertz CT molecular complexity index is 1090. The highest BCUT2D eigenvalue weighted by Crippen LogP contribution is 2.40. The van der Waals surface area contributed by atoms with E-state index in [9.17, 15) is 14.7 Å². The van der Waals surface area contributed by atoms with E-state index in [1.807, 2.05) is 19.9 Å². The number of ether oxygens (including phenoxy) is 2. The fourth-order valence-electron chi connectivity index (χ4n) is 4.18. The number of nitrogens with one attached hydrogen (secondary N) is 1. The number of aliphatic hydroxyl groups excluding tert-OH is 1. The Morgan fingerprint density at radius 1 is 1.28 bits per heavy atom. The van der Waals surface area contributed by atoms with Gasteiger partial charge in [0.05, 0.1) is 36.4 Å². The molecule has 1 fully saturated rings. The maximum Gasteiger partial charge on any atom is 0.256 e. The number of amides is 1. The van der Waals surface area contributed by atoms with Gasteiger partial charge < -0.3 is 24.5 Å². The van der Waals surface area contributed by atoms with Gasteiger partial charge in [0.15, 0.2) is 0 Å². The number of benzene rings is 1. The monoisotopic (exact) mass is 482 g/mol. The molecule has 1 aromatic heterocycles. The van der Waals surface area contributed by atoms with Gasteiger partial charge in [0.2, 0.25) is 0 Å². The van der Waals surface area contributed by atoms with Crippen molar-refractivity contribution in [3.05, 3.63) is 60.5 Å². The van der Waals surface area contributed by atoms with Gasteiger partial charge >= 0.3 is 0 Å². The number of nitrogens with zero attached hydrogens (tertiary/aromatic N) is 1. The van der Waals surface area contributed by atoms with Gasteiger partial charge in [-0.2, -0.15) is 0 Å². The number of aromatic amines is 1. The van der Waals surface area contributed by atoms with Crippen molar-refractivity contribution in [2.75, 3.05) is 19.8 Å². The predicted molar refractivity (Wildman–Crippen MR) is 124 cm³/mol. The van der Waals surface area contributed by atoms with Gasteiger partial charge in [0.1, 0.15) is 11.9 Å². The van der Waals surface area contributed by atoms with Gasteiger partial charge in [-0.25, -0.2) is 0 Å². The van der Waals surface area contributed by atoms with Crippen LogP contribution < -0.4 is 10.3 Å². The topological polar surface area (TPSA) is 91.9 Å². The molecule has 0 spiro atoms. The highest BCUT2D eigenvalue weighted by Gasteiger charge is 2.33. The summed E-state index contributed by atoms with van der Waals surface area (Å²) in [6.07, 6.45) is 0.496. The lowest BCUT2D eigenvalue weighted by molar-refractivity contribution is 0.0534. The fourth-order valence-corrected chi connectivity index (χ4v) is 4.76. The first-order valence-electron chi connectivity index (χ1n) is 10.2. The van der Waals surface area contributed by atoms with Crippen LogP contribution in [0.1, 0.15) is 46.6 Å².